The average molecular weight is 204 g/mol. The summed E-state index contributed by atoms with van der Waals surface area (Å²) in [5, 5.41) is 3.28. The van der Waals surface area contributed by atoms with Crippen LogP contribution in [0.1, 0.15) is 25.7 Å². The first-order chi connectivity index (χ1) is 4.71. The monoisotopic (exact) mass is 203 g/mol. The third-order valence-corrected chi connectivity index (χ3v) is 3.50. The molecule has 2 atom stereocenters. The Hall–Kier alpha value is 0.110. The predicted molar refractivity (Wildman–Crippen MR) is 42.1 cm³/mol. The van der Waals surface area contributed by atoms with Gasteiger partial charge in [0, 0.05) is 12.5 Å². The Morgan fingerprint density at radius 2 is 2.40 bits per heavy atom. The molecule has 0 spiro atoms. The minimum atomic E-state index is -0.323. The van der Waals surface area contributed by atoms with E-state index in [0.717, 1.165) is 25.7 Å². The first-order valence-corrected chi connectivity index (χ1v) is 4.50. The lowest BCUT2D eigenvalue weighted by atomic mass is 10.0. The number of halogens is 1. The summed E-state index contributed by atoms with van der Waals surface area (Å²) in [7, 11) is 0. The van der Waals surface area contributed by atoms with Gasteiger partial charge in [-0.3, -0.25) is 10.1 Å². The van der Waals surface area contributed by atoms with Crippen molar-refractivity contribution in [2.24, 2.45) is 0 Å². The predicted octanol–water partition coefficient (Wildman–Crippen LogP) is 1.19. The zero-order valence-corrected chi connectivity index (χ0v) is 7.28. The van der Waals surface area contributed by atoms with Crippen molar-refractivity contribution in [3.8, 4) is 0 Å². The summed E-state index contributed by atoms with van der Waals surface area (Å²) in [5.74, 6) is 0.334. The molecule has 0 amide bonds. The number of hydrogen-bond acceptors (Lipinski definition) is 2. The van der Waals surface area contributed by atoms with Gasteiger partial charge in [0.15, 0.2) is 5.78 Å². The van der Waals surface area contributed by atoms with Crippen molar-refractivity contribution in [3.05, 3.63) is 0 Å². The SMILES string of the molecule is O=C1CCC2CCC1(Br)N2. The number of nitrogens with one attached hydrogen (secondary N) is 1. The van der Waals surface area contributed by atoms with Crippen LogP contribution in [0.15, 0.2) is 0 Å². The molecular formula is C7H10BrNO. The van der Waals surface area contributed by atoms with Crippen molar-refractivity contribution in [2.45, 2.75) is 36.2 Å². The van der Waals surface area contributed by atoms with Gasteiger partial charge in [-0.05, 0) is 19.3 Å². The van der Waals surface area contributed by atoms with Crippen molar-refractivity contribution in [1.29, 1.82) is 0 Å². The average Bonchev–Trinajstić information content (AvgIpc) is 2.22. The van der Waals surface area contributed by atoms with Gasteiger partial charge in [0.1, 0.15) is 4.45 Å². The third-order valence-electron chi connectivity index (χ3n) is 2.43. The Labute approximate surface area is 68.5 Å². The Balaban J connectivity index is 2.25. The van der Waals surface area contributed by atoms with Crippen LogP contribution in [0.5, 0.6) is 0 Å². The number of fused-ring (bicyclic) bond motifs is 2. The molecule has 2 bridgehead atoms. The van der Waals surface area contributed by atoms with E-state index < -0.39 is 0 Å². The molecular weight excluding hydrogens is 194 g/mol. The Bertz CT molecular complexity index is 182. The summed E-state index contributed by atoms with van der Waals surface area (Å²) in [6.45, 7) is 0. The van der Waals surface area contributed by atoms with E-state index in [2.05, 4.69) is 21.2 Å². The Morgan fingerprint density at radius 3 is 3.10 bits per heavy atom. The molecule has 2 saturated heterocycles. The van der Waals surface area contributed by atoms with Crippen molar-refractivity contribution < 1.29 is 4.79 Å². The fourth-order valence-corrected chi connectivity index (χ4v) is 2.53. The number of ketones is 1. The maximum absolute atomic E-state index is 11.3. The van der Waals surface area contributed by atoms with Crippen LogP contribution < -0.4 is 5.32 Å². The fraction of sp³-hybridized carbons (Fsp3) is 0.857. The molecule has 0 aromatic carbocycles. The second kappa shape index (κ2) is 2.05. The second-order valence-electron chi connectivity index (χ2n) is 3.14. The van der Waals surface area contributed by atoms with E-state index in [4.69, 9.17) is 0 Å². The van der Waals surface area contributed by atoms with Gasteiger partial charge in [-0.25, -0.2) is 0 Å². The van der Waals surface area contributed by atoms with Crippen molar-refractivity contribution in [1.82, 2.24) is 5.32 Å². The normalized spacial score (nSPS) is 46.1. The molecule has 2 aliphatic rings. The minimum absolute atomic E-state index is 0.323. The quantitative estimate of drug-likeness (QED) is 0.474. The van der Waals surface area contributed by atoms with Crippen LogP contribution in [0, 0.1) is 0 Å². The van der Waals surface area contributed by atoms with Crippen molar-refractivity contribution in [3.63, 3.8) is 0 Å². The molecule has 1 N–H and O–H groups in total. The molecule has 2 nitrogen and oxygen atoms in total. The summed E-state index contributed by atoms with van der Waals surface area (Å²) >= 11 is 3.44. The first-order valence-electron chi connectivity index (χ1n) is 3.71. The number of carbonyl (C=O) groups excluding carboxylic acids is 1. The van der Waals surface area contributed by atoms with Gasteiger partial charge in [0.2, 0.25) is 0 Å². The van der Waals surface area contributed by atoms with E-state index in [0.29, 0.717) is 11.8 Å². The van der Waals surface area contributed by atoms with Crippen LogP contribution >= 0.6 is 15.9 Å². The van der Waals surface area contributed by atoms with E-state index in [9.17, 15) is 4.79 Å². The van der Waals surface area contributed by atoms with E-state index in [-0.39, 0.29) is 4.45 Å². The lowest BCUT2D eigenvalue weighted by Gasteiger charge is -2.26. The Kier molecular flexibility index (Phi) is 1.39. The zero-order valence-electron chi connectivity index (χ0n) is 5.69. The second-order valence-corrected chi connectivity index (χ2v) is 4.50. The summed E-state index contributed by atoms with van der Waals surface area (Å²) in [6, 6.07) is 0.595. The van der Waals surface area contributed by atoms with Gasteiger partial charge < -0.3 is 0 Å². The van der Waals surface area contributed by atoms with E-state index in [1.165, 1.54) is 0 Å². The highest BCUT2D eigenvalue weighted by molar-refractivity contribution is 9.10. The maximum atomic E-state index is 11.3. The van der Waals surface area contributed by atoms with Gasteiger partial charge in [0.05, 0.1) is 0 Å². The van der Waals surface area contributed by atoms with Crippen molar-refractivity contribution >= 4 is 21.7 Å². The molecule has 2 fully saturated rings. The number of carbonyl (C=O) groups is 1. The fourth-order valence-electron chi connectivity index (χ4n) is 1.78. The molecule has 10 heavy (non-hydrogen) atoms. The topological polar surface area (TPSA) is 29.1 Å². The number of rotatable bonds is 0. The van der Waals surface area contributed by atoms with Gasteiger partial charge >= 0.3 is 0 Å². The van der Waals surface area contributed by atoms with E-state index >= 15 is 0 Å². The highest BCUT2D eigenvalue weighted by Crippen LogP contribution is 2.37. The van der Waals surface area contributed by atoms with Gasteiger partial charge in [-0.1, -0.05) is 15.9 Å². The molecule has 0 saturated carbocycles. The molecule has 2 unspecified atom stereocenters. The third kappa shape index (κ3) is 0.839. The molecule has 2 aliphatic heterocycles. The Morgan fingerprint density at radius 1 is 1.60 bits per heavy atom. The van der Waals surface area contributed by atoms with E-state index in [1.54, 1.807) is 0 Å². The van der Waals surface area contributed by atoms with Crippen LogP contribution in [-0.2, 0) is 4.79 Å². The number of Topliss-reactive ketones (excluding diaryl/α,β-unsaturated/α-hetero) is 1. The van der Waals surface area contributed by atoms with E-state index in [1.807, 2.05) is 0 Å². The summed E-state index contributed by atoms with van der Waals surface area (Å²) in [5.41, 5.74) is 0. The molecule has 3 heteroatoms. The lowest BCUT2D eigenvalue weighted by Crippen LogP contribution is -2.48. The molecule has 2 heterocycles. The first kappa shape index (κ1) is 6.80. The highest BCUT2D eigenvalue weighted by atomic mass is 79.9. The van der Waals surface area contributed by atoms with Gasteiger partial charge in [-0.15, -0.1) is 0 Å². The van der Waals surface area contributed by atoms with Gasteiger partial charge in [0.25, 0.3) is 0 Å². The molecule has 0 aliphatic carbocycles. The van der Waals surface area contributed by atoms with Crippen molar-refractivity contribution in [2.75, 3.05) is 0 Å². The summed E-state index contributed by atoms with van der Waals surface area (Å²) < 4.78 is -0.323. The summed E-state index contributed by atoms with van der Waals surface area (Å²) in [6.07, 6.45) is 3.91. The molecule has 2 rings (SSSR count). The number of piperidine rings is 1. The molecule has 0 aromatic rings. The van der Waals surface area contributed by atoms with Crippen LogP contribution in [0.4, 0.5) is 0 Å². The van der Waals surface area contributed by atoms with Gasteiger partial charge in [-0.2, -0.15) is 0 Å². The lowest BCUT2D eigenvalue weighted by molar-refractivity contribution is -0.122. The molecule has 0 radical (unpaired) electrons. The summed E-state index contributed by atoms with van der Waals surface area (Å²) in [4.78, 5) is 11.3. The largest absolute Gasteiger partial charge is 0.297 e. The smallest absolute Gasteiger partial charge is 0.163 e. The van der Waals surface area contributed by atoms with Crippen LogP contribution in [-0.4, -0.2) is 16.3 Å². The number of hydrogen-bond donors (Lipinski definition) is 1. The van der Waals surface area contributed by atoms with Crippen LogP contribution in [0.2, 0.25) is 0 Å². The molecule has 0 aromatic heterocycles. The minimum Gasteiger partial charge on any atom is -0.297 e. The standard InChI is InChI=1S/C7H10BrNO/c8-7-4-3-5(9-7)1-2-6(7)10/h5,9H,1-4H2. The van der Waals surface area contributed by atoms with Crippen LogP contribution in [0.3, 0.4) is 0 Å². The molecule has 56 valence electrons. The zero-order chi connectivity index (χ0) is 7.19. The van der Waals surface area contributed by atoms with Crippen LogP contribution in [0.25, 0.3) is 0 Å². The number of alkyl halides is 1. The maximum Gasteiger partial charge on any atom is 0.163 e. The highest BCUT2D eigenvalue weighted by Gasteiger charge is 2.45.